The van der Waals surface area contributed by atoms with Crippen LogP contribution in [0.1, 0.15) is 39.0 Å². The molecule has 2 fully saturated rings. The highest BCUT2D eigenvalue weighted by atomic mass is 16.7. The maximum absolute atomic E-state index is 5.64. The van der Waals surface area contributed by atoms with Gasteiger partial charge >= 0.3 is 0 Å². The molecule has 0 aliphatic carbocycles. The van der Waals surface area contributed by atoms with Crippen LogP contribution >= 0.6 is 0 Å². The third kappa shape index (κ3) is 2.05. The Morgan fingerprint density at radius 3 is 3.08 bits per heavy atom. The fourth-order valence-electron chi connectivity index (χ4n) is 2.51. The van der Waals surface area contributed by atoms with Gasteiger partial charge in [-0.15, -0.1) is 0 Å². The molecule has 2 heterocycles. The average molecular weight is 184 g/mol. The van der Waals surface area contributed by atoms with E-state index in [4.69, 9.17) is 9.47 Å². The van der Waals surface area contributed by atoms with Gasteiger partial charge < -0.3 is 9.47 Å². The fourth-order valence-corrected chi connectivity index (χ4v) is 2.51. The summed E-state index contributed by atoms with van der Waals surface area (Å²) in [6, 6.07) is 0. The first-order valence-electron chi connectivity index (χ1n) is 5.65. The average Bonchev–Trinajstić information content (AvgIpc) is 2.58. The number of rotatable bonds is 3. The second kappa shape index (κ2) is 4.43. The number of hydrogen-bond donors (Lipinski definition) is 0. The van der Waals surface area contributed by atoms with E-state index in [1.54, 1.807) is 0 Å². The Hall–Kier alpha value is -0.0800. The zero-order valence-electron chi connectivity index (χ0n) is 8.50. The van der Waals surface area contributed by atoms with E-state index >= 15 is 0 Å². The minimum absolute atomic E-state index is 0.149. The van der Waals surface area contributed by atoms with Gasteiger partial charge in [-0.2, -0.15) is 0 Å². The van der Waals surface area contributed by atoms with E-state index in [0.717, 1.165) is 19.1 Å². The standard InChI is InChI=1S/C11H20O2/c1-2-3-5-9-8-13-11-10(9)6-4-7-12-11/h9-11H,2-8H2,1H3/t9-,10+,11-/m1/s1. The summed E-state index contributed by atoms with van der Waals surface area (Å²) in [5.41, 5.74) is 0. The van der Waals surface area contributed by atoms with Crippen LogP contribution in [0.25, 0.3) is 0 Å². The molecule has 2 aliphatic heterocycles. The topological polar surface area (TPSA) is 18.5 Å². The third-order valence-corrected chi connectivity index (χ3v) is 3.32. The molecule has 0 saturated carbocycles. The van der Waals surface area contributed by atoms with Gasteiger partial charge in [0.25, 0.3) is 0 Å². The van der Waals surface area contributed by atoms with Gasteiger partial charge in [-0.05, 0) is 25.2 Å². The normalized spacial score (nSPS) is 39.0. The lowest BCUT2D eigenvalue weighted by atomic mass is 9.86. The van der Waals surface area contributed by atoms with Gasteiger partial charge in [0.15, 0.2) is 6.29 Å². The summed E-state index contributed by atoms with van der Waals surface area (Å²) in [6.45, 7) is 4.10. The predicted molar refractivity (Wildman–Crippen MR) is 51.4 cm³/mol. The monoisotopic (exact) mass is 184 g/mol. The van der Waals surface area contributed by atoms with Crippen LogP contribution in [0.15, 0.2) is 0 Å². The summed E-state index contributed by atoms with van der Waals surface area (Å²) in [7, 11) is 0. The van der Waals surface area contributed by atoms with Crippen molar-refractivity contribution in [3.63, 3.8) is 0 Å². The largest absolute Gasteiger partial charge is 0.352 e. The zero-order chi connectivity index (χ0) is 9.10. The Bertz CT molecular complexity index is 158. The lowest BCUT2D eigenvalue weighted by Crippen LogP contribution is -2.28. The van der Waals surface area contributed by atoms with Gasteiger partial charge in [0.05, 0.1) is 6.61 Å². The molecule has 0 aromatic heterocycles. The Kier molecular flexibility index (Phi) is 3.23. The molecule has 13 heavy (non-hydrogen) atoms. The van der Waals surface area contributed by atoms with Crippen molar-refractivity contribution >= 4 is 0 Å². The number of hydrogen-bond acceptors (Lipinski definition) is 2. The molecule has 0 bridgehead atoms. The summed E-state index contributed by atoms with van der Waals surface area (Å²) >= 11 is 0. The molecular formula is C11H20O2. The summed E-state index contributed by atoms with van der Waals surface area (Å²) in [5.74, 6) is 1.49. The van der Waals surface area contributed by atoms with Crippen LogP contribution in [0, 0.1) is 11.8 Å². The van der Waals surface area contributed by atoms with Gasteiger partial charge in [0.2, 0.25) is 0 Å². The Morgan fingerprint density at radius 1 is 1.31 bits per heavy atom. The quantitative estimate of drug-likeness (QED) is 0.671. The van der Waals surface area contributed by atoms with Crippen molar-refractivity contribution in [2.24, 2.45) is 11.8 Å². The maximum Gasteiger partial charge on any atom is 0.160 e. The summed E-state index contributed by atoms with van der Waals surface area (Å²) in [6.07, 6.45) is 6.68. The van der Waals surface area contributed by atoms with Crippen molar-refractivity contribution in [2.45, 2.75) is 45.3 Å². The van der Waals surface area contributed by atoms with E-state index in [1.807, 2.05) is 0 Å². The second-order valence-electron chi connectivity index (χ2n) is 4.28. The van der Waals surface area contributed by atoms with Crippen molar-refractivity contribution < 1.29 is 9.47 Å². The highest BCUT2D eigenvalue weighted by Gasteiger charge is 2.38. The van der Waals surface area contributed by atoms with E-state index in [1.165, 1.54) is 32.1 Å². The molecule has 76 valence electrons. The zero-order valence-corrected chi connectivity index (χ0v) is 8.50. The van der Waals surface area contributed by atoms with Crippen molar-refractivity contribution in [1.29, 1.82) is 0 Å². The first-order chi connectivity index (χ1) is 6.42. The van der Waals surface area contributed by atoms with Gasteiger partial charge in [-0.25, -0.2) is 0 Å². The first kappa shape index (κ1) is 9.47. The van der Waals surface area contributed by atoms with Gasteiger partial charge in [-0.3, -0.25) is 0 Å². The van der Waals surface area contributed by atoms with E-state index < -0.39 is 0 Å². The molecule has 0 amide bonds. The summed E-state index contributed by atoms with van der Waals surface area (Å²) < 4.78 is 11.2. The van der Waals surface area contributed by atoms with E-state index in [9.17, 15) is 0 Å². The van der Waals surface area contributed by atoms with Crippen LogP contribution in [-0.4, -0.2) is 19.5 Å². The molecule has 2 saturated heterocycles. The Balaban J connectivity index is 1.84. The van der Waals surface area contributed by atoms with Crippen molar-refractivity contribution in [3.05, 3.63) is 0 Å². The minimum atomic E-state index is 0.149. The number of fused-ring (bicyclic) bond motifs is 1. The minimum Gasteiger partial charge on any atom is -0.352 e. The molecule has 0 N–H and O–H groups in total. The van der Waals surface area contributed by atoms with E-state index in [0.29, 0.717) is 5.92 Å². The first-order valence-corrected chi connectivity index (χ1v) is 5.65. The summed E-state index contributed by atoms with van der Waals surface area (Å²) in [4.78, 5) is 0. The van der Waals surface area contributed by atoms with E-state index in [-0.39, 0.29) is 6.29 Å². The van der Waals surface area contributed by atoms with Crippen LogP contribution in [0.2, 0.25) is 0 Å². The third-order valence-electron chi connectivity index (χ3n) is 3.32. The second-order valence-corrected chi connectivity index (χ2v) is 4.28. The molecule has 2 nitrogen and oxygen atoms in total. The van der Waals surface area contributed by atoms with Crippen molar-refractivity contribution in [1.82, 2.24) is 0 Å². The van der Waals surface area contributed by atoms with E-state index in [2.05, 4.69) is 6.92 Å². The fraction of sp³-hybridized carbons (Fsp3) is 1.00. The molecule has 0 spiro atoms. The Labute approximate surface area is 80.6 Å². The number of unbranched alkanes of at least 4 members (excludes halogenated alkanes) is 1. The molecule has 0 unspecified atom stereocenters. The highest BCUT2D eigenvalue weighted by molar-refractivity contribution is 4.81. The van der Waals surface area contributed by atoms with Crippen LogP contribution in [0.4, 0.5) is 0 Å². The highest BCUT2D eigenvalue weighted by Crippen LogP contribution is 2.37. The maximum atomic E-state index is 5.64. The predicted octanol–water partition coefficient (Wildman–Crippen LogP) is 2.58. The lowest BCUT2D eigenvalue weighted by Gasteiger charge is -2.27. The van der Waals surface area contributed by atoms with Gasteiger partial charge in [0, 0.05) is 12.5 Å². The van der Waals surface area contributed by atoms with Gasteiger partial charge in [-0.1, -0.05) is 19.8 Å². The molecule has 2 rings (SSSR count). The van der Waals surface area contributed by atoms with Crippen molar-refractivity contribution in [2.75, 3.05) is 13.2 Å². The smallest absolute Gasteiger partial charge is 0.160 e. The molecule has 0 aromatic rings. The SMILES string of the molecule is CCCC[C@@H]1CO[C@H]2OCCC[C@@H]12. The van der Waals surface area contributed by atoms with Gasteiger partial charge in [0.1, 0.15) is 0 Å². The molecule has 0 radical (unpaired) electrons. The number of ether oxygens (including phenoxy) is 2. The summed E-state index contributed by atoms with van der Waals surface area (Å²) in [5, 5.41) is 0. The lowest BCUT2D eigenvalue weighted by molar-refractivity contribution is -0.151. The Morgan fingerprint density at radius 2 is 2.23 bits per heavy atom. The molecule has 2 heteroatoms. The molecule has 0 aromatic carbocycles. The molecule has 3 atom stereocenters. The molecule has 2 aliphatic rings. The van der Waals surface area contributed by atoms with Crippen LogP contribution in [-0.2, 0) is 9.47 Å². The molecular weight excluding hydrogens is 164 g/mol. The van der Waals surface area contributed by atoms with Crippen LogP contribution < -0.4 is 0 Å². The van der Waals surface area contributed by atoms with Crippen molar-refractivity contribution in [3.8, 4) is 0 Å². The van der Waals surface area contributed by atoms with Crippen LogP contribution in [0.3, 0.4) is 0 Å². The van der Waals surface area contributed by atoms with Crippen LogP contribution in [0.5, 0.6) is 0 Å².